The number of aryl methyl sites for hydroxylation is 3. The number of benzene rings is 2. The minimum absolute atomic E-state index is 0.742. The van der Waals surface area contributed by atoms with Gasteiger partial charge in [-0.15, -0.1) is 0 Å². The summed E-state index contributed by atoms with van der Waals surface area (Å²) in [5, 5.41) is 5.48. The van der Waals surface area contributed by atoms with Gasteiger partial charge in [0.1, 0.15) is 11.6 Å². The monoisotopic (exact) mass is 319 g/mol. The second-order valence-electron chi connectivity index (χ2n) is 5.95. The van der Waals surface area contributed by atoms with Crippen molar-refractivity contribution in [2.45, 2.75) is 20.8 Å². The van der Waals surface area contributed by atoms with Gasteiger partial charge in [0.2, 0.25) is 0 Å². The van der Waals surface area contributed by atoms with Gasteiger partial charge in [-0.25, -0.2) is 4.98 Å². The van der Waals surface area contributed by atoms with Crippen LogP contribution in [-0.4, -0.2) is 18.3 Å². The zero-order valence-electron chi connectivity index (χ0n) is 14.4. The minimum Gasteiger partial charge on any atom is -0.497 e. The molecular weight excluding hydrogens is 298 g/mol. The maximum Gasteiger partial charge on any atom is 0.147 e. The van der Waals surface area contributed by atoms with Crippen LogP contribution in [0.2, 0.25) is 0 Å². The first-order valence-corrected chi connectivity index (χ1v) is 7.88. The lowest BCUT2D eigenvalue weighted by Crippen LogP contribution is -1.97. The summed E-state index contributed by atoms with van der Waals surface area (Å²) in [5.74, 6) is 1.55. The van der Waals surface area contributed by atoms with Crippen LogP contribution in [0.1, 0.15) is 22.3 Å². The Balaban J connectivity index is 1.86. The van der Waals surface area contributed by atoms with Crippen LogP contribution in [0.5, 0.6) is 5.75 Å². The quantitative estimate of drug-likeness (QED) is 0.564. The SMILES string of the molecule is COc1cccc(C=NNc2cc(C)c3cc(C)cc(C)c3n2)c1. The third kappa shape index (κ3) is 3.38. The van der Waals surface area contributed by atoms with Gasteiger partial charge in [0.15, 0.2) is 0 Å². The number of aromatic nitrogens is 1. The predicted molar refractivity (Wildman–Crippen MR) is 100 cm³/mol. The van der Waals surface area contributed by atoms with Crippen molar-refractivity contribution >= 4 is 22.9 Å². The van der Waals surface area contributed by atoms with E-state index in [0.717, 1.165) is 22.6 Å². The van der Waals surface area contributed by atoms with E-state index in [-0.39, 0.29) is 0 Å². The van der Waals surface area contributed by atoms with Gasteiger partial charge in [-0.2, -0.15) is 5.10 Å². The number of rotatable bonds is 4. The molecule has 0 aliphatic rings. The molecule has 0 fully saturated rings. The van der Waals surface area contributed by atoms with Crippen molar-refractivity contribution in [3.8, 4) is 5.75 Å². The highest BCUT2D eigenvalue weighted by Gasteiger charge is 2.05. The number of hydrogen-bond acceptors (Lipinski definition) is 4. The molecule has 0 aliphatic heterocycles. The molecule has 122 valence electrons. The molecular formula is C20H21N3O. The Morgan fingerprint density at radius 2 is 1.88 bits per heavy atom. The van der Waals surface area contributed by atoms with E-state index in [1.807, 2.05) is 30.3 Å². The zero-order valence-corrected chi connectivity index (χ0v) is 14.4. The summed E-state index contributed by atoms with van der Waals surface area (Å²) in [5.41, 5.74) is 8.61. The van der Waals surface area contributed by atoms with Crippen LogP contribution in [0.4, 0.5) is 5.82 Å². The Morgan fingerprint density at radius 3 is 2.67 bits per heavy atom. The molecule has 0 bridgehead atoms. The van der Waals surface area contributed by atoms with E-state index in [0.29, 0.717) is 0 Å². The van der Waals surface area contributed by atoms with Crippen LogP contribution in [0, 0.1) is 20.8 Å². The van der Waals surface area contributed by atoms with Crippen LogP contribution in [0.15, 0.2) is 47.6 Å². The summed E-state index contributed by atoms with van der Waals surface area (Å²) in [4.78, 5) is 4.69. The van der Waals surface area contributed by atoms with Gasteiger partial charge >= 0.3 is 0 Å². The molecule has 0 unspecified atom stereocenters. The van der Waals surface area contributed by atoms with Gasteiger partial charge in [0.25, 0.3) is 0 Å². The fourth-order valence-corrected chi connectivity index (χ4v) is 2.80. The van der Waals surface area contributed by atoms with Crippen LogP contribution in [0.25, 0.3) is 10.9 Å². The molecule has 1 heterocycles. The van der Waals surface area contributed by atoms with E-state index < -0.39 is 0 Å². The van der Waals surface area contributed by atoms with Gasteiger partial charge in [-0.3, -0.25) is 5.43 Å². The number of pyridine rings is 1. The molecule has 3 aromatic rings. The van der Waals surface area contributed by atoms with E-state index in [1.165, 1.54) is 22.1 Å². The second kappa shape index (κ2) is 6.71. The lowest BCUT2D eigenvalue weighted by atomic mass is 10.0. The topological polar surface area (TPSA) is 46.5 Å². The Hall–Kier alpha value is -2.88. The van der Waals surface area contributed by atoms with Gasteiger partial charge < -0.3 is 4.74 Å². The van der Waals surface area contributed by atoms with E-state index in [1.54, 1.807) is 13.3 Å². The lowest BCUT2D eigenvalue weighted by Gasteiger charge is -2.09. The van der Waals surface area contributed by atoms with Crippen molar-refractivity contribution in [1.29, 1.82) is 0 Å². The molecule has 24 heavy (non-hydrogen) atoms. The maximum absolute atomic E-state index is 5.21. The standard InChI is InChI=1S/C20H21N3O/c1-13-8-15(3)20-18(9-13)14(2)10-19(22-20)23-21-12-16-6-5-7-17(11-16)24-4/h5-12H,1-4H3,(H,22,23). The van der Waals surface area contributed by atoms with Crippen molar-refractivity contribution in [2.24, 2.45) is 5.10 Å². The van der Waals surface area contributed by atoms with Crippen molar-refractivity contribution in [1.82, 2.24) is 4.98 Å². The van der Waals surface area contributed by atoms with Crippen LogP contribution < -0.4 is 10.2 Å². The predicted octanol–water partition coefficient (Wildman–Crippen LogP) is 4.61. The highest BCUT2D eigenvalue weighted by Crippen LogP contribution is 2.24. The highest BCUT2D eigenvalue weighted by atomic mass is 16.5. The van der Waals surface area contributed by atoms with Gasteiger partial charge in [-0.05, 0) is 61.7 Å². The number of anilines is 1. The van der Waals surface area contributed by atoms with E-state index >= 15 is 0 Å². The molecule has 4 heteroatoms. The average molecular weight is 319 g/mol. The largest absolute Gasteiger partial charge is 0.497 e. The molecule has 0 radical (unpaired) electrons. The molecule has 3 rings (SSSR count). The number of ether oxygens (including phenoxy) is 1. The lowest BCUT2D eigenvalue weighted by molar-refractivity contribution is 0.415. The normalized spacial score (nSPS) is 11.2. The summed E-state index contributed by atoms with van der Waals surface area (Å²) in [6.45, 7) is 6.29. The number of nitrogens with zero attached hydrogens (tertiary/aromatic N) is 2. The maximum atomic E-state index is 5.21. The zero-order chi connectivity index (χ0) is 17.1. The molecule has 0 amide bonds. The Bertz CT molecular complexity index is 916. The third-order valence-corrected chi connectivity index (χ3v) is 3.94. The molecule has 0 atom stereocenters. The fourth-order valence-electron chi connectivity index (χ4n) is 2.80. The average Bonchev–Trinajstić information content (AvgIpc) is 2.56. The second-order valence-corrected chi connectivity index (χ2v) is 5.95. The van der Waals surface area contributed by atoms with E-state index in [9.17, 15) is 0 Å². The van der Waals surface area contributed by atoms with Crippen molar-refractivity contribution in [3.63, 3.8) is 0 Å². The summed E-state index contributed by atoms with van der Waals surface area (Å²) < 4.78 is 5.21. The van der Waals surface area contributed by atoms with Gasteiger partial charge in [0, 0.05) is 5.39 Å². The van der Waals surface area contributed by atoms with Crippen LogP contribution >= 0.6 is 0 Å². The first-order valence-electron chi connectivity index (χ1n) is 7.88. The molecule has 2 aromatic carbocycles. The highest BCUT2D eigenvalue weighted by molar-refractivity contribution is 5.87. The molecule has 0 aliphatic carbocycles. The Kier molecular flexibility index (Phi) is 4.47. The molecule has 0 saturated heterocycles. The summed E-state index contributed by atoms with van der Waals surface area (Å²) in [6.07, 6.45) is 1.76. The van der Waals surface area contributed by atoms with Gasteiger partial charge in [0.05, 0.1) is 18.8 Å². The van der Waals surface area contributed by atoms with Crippen molar-refractivity contribution in [3.05, 3.63) is 64.7 Å². The van der Waals surface area contributed by atoms with Crippen molar-refractivity contribution in [2.75, 3.05) is 12.5 Å². The smallest absolute Gasteiger partial charge is 0.147 e. The number of fused-ring (bicyclic) bond motifs is 1. The summed E-state index contributed by atoms with van der Waals surface area (Å²) in [6, 6.07) is 14.1. The molecule has 0 spiro atoms. The van der Waals surface area contributed by atoms with Crippen LogP contribution in [0.3, 0.4) is 0 Å². The van der Waals surface area contributed by atoms with Crippen LogP contribution in [-0.2, 0) is 0 Å². The Labute approximate surface area is 142 Å². The van der Waals surface area contributed by atoms with Gasteiger partial charge in [-0.1, -0.05) is 23.8 Å². The number of methoxy groups -OCH3 is 1. The fraction of sp³-hybridized carbons (Fsp3) is 0.200. The number of nitrogens with one attached hydrogen (secondary N) is 1. The van der Waals surface area contributed by atoms with E-state index in [4.69, 9.17) is 9.72 Å². The van der Waals surface area contributed by atoms with E-state index in [2.05, 4.69) is 43.4 Å². The summed E-state index contributed by atoms with van der Waals surface area (Å²) >= 11 is 0. The molecule has 1 N–H and O–H groups in total. The first-order chi connectivity index (χ1) is 11.6. The van der Waals surface area contributed by atoms with Crippen molar-refractivity contribution < 1.29 is 4.74 Å². The third-order valence-electron chi connectivity index (χ3n) is 3.94. The first kappa shape index (κ1) is 16.0. The molecule has 1 aromatic heterocycles. The number of hydrazone groups is 1. The Morgan fingerprint density at radius 1 is 1.04 bits per heavy atom. The minimum atomic E-state index is 0.742. The summed E-state index contributed by atoms with van der Waals surface area (Å²) in [7, 11) is 1.65. The number of hydrogen-bond donors (Lipinski definition) is 1. The molecule has 0 saturated carbocycles. The molecule has 4 nitrogen and oxygen atoms in total.